The van der Waals surface area contributed by atoms with Gasteiger partial charge in [-0.2, -0.15) is 4.98 Å². The van der Waals surface area contributed by atoms with Crippen molar-refractivity contribution in [2.75, 3.05) is 19.0 Å². The highest BCUT2D eigenvalue weighted by molar-refractivity contribution is 7.16. The highest BCUT2D eigenvalue weighted by Gasteiger charge is 2.10. The molecule has 2 rings (SSSR count). The van der Waals surface area contributed by atoms with Gasteiger partial charge in [0.15, 0.2) is 0 Å². The van der Waals surface area contributed by atoms with E-state index in [1.807, 2.05) is 31.1 Å². The topological polar surface area (TPSA) is 41.3 Å². The first-order valence-electron chi connectivity index (χ1n) is 5.23. The Morgan fingerprint density at radius 1 is 1.53 bits per heavy atom. The highest BCUT2D eigenvalue weighted by atomic mass is 35.5. The lowest BCUT2D eigenvalue weighted by atomic mass is 10.4. The smallest absolute Gasteiger partial charge is 0.297 e. The van der Waals surface area contributed by atoms with Gasteiger partial charge in [0, 0.05) is 18.5 Å². The van der Waals surface area contributed by atoms with E-state index in [-0.39, 0.29) is 0 Å². The molecule has 0 atom stereocenters. The molecular formula is C11H14ClN3OS. The second-order valence-corrected chi connectivity index (χ2v) is 5.51. The molecule has 92 valence electrons. The number of halogens is 1. The van der Waals surface area contributed by atoms with Gasteiger partial charge in [-0.25, -0.2) is 0 Å². The molecule has 0 spiro atoms. The van der Waals surface area contributed by atoms with E-state index in [0.29, 0.717) is 12.6 Å². The lowest BCUT2D eigenvalue weighted by Gasteiger charge is -2.12. The molecule has 0 unspecified atom stereocenters. The van der Waals surface area contributed by atoms with Gasteiger partial charge in [-0.05, 0) is 19.2 Å². The van der Waals surface area contributed by atoms with Crippen molar-refractivity contribution < 1.29 is 4.42 Å². The molecule has 6 heteroatoms. The van der Waals surface area contributed by atoms with Crippen molar-refractivity contribution in [1.29, 1.82) is 0 Å². The molecule has 1 N–H and O–H groups in total. The quantitative estimate of drug-likeness (QED) is 0.908. The van der Waals surface area contributed by atoms with Crippen LogP contribution in [-0.2, 0) is 13.1 Å². The summed E-state index contributed by atoms with van der Waals surface area (Å²) in [5.74, 6) is 0. The molecule has 0 amide bonds. The second-order valence-electron chi connectivity index (χ2n) is 3.71. The number of aromatic nitrogens is 1. The first kappa shape index (κ1) is 12.4. The molecule has 2 heterocycles. The summed E-state index contributed by atoms with van der Waals surface area (Å²) in [4.78, 5) is 7.52. The molecule has 4 nitrogen and oxygen atoms in total. The van der Waals surface area contributed by atoms with E-state index in [9.17, 15) is 0 Å². The van der Waals surface area contributed by atoms with Crippen molar-refractivity contribution in [3.05, 3.63) is 33.3 Å². The molecule has 0 fully saturated rings. The fourth-order valence-electron chi connectivity index (χ4n) is 1.47. The zero-order valence-corrected chi connectivity index (χ0v) is 11.3. The predicted molar refractivity (Wildman–Crippen MR) is 70.7 cm³/mol. The van der Waals surface area contributed by atoms with Crippen LogP contribution in [-0.4, -0.2) is 19.1 Å². The van der Waals surface area contributed by atoms with Gasteiger partial charge < -0.3 is 14.6 Å². The van der Waals surface area contributed by atoms with Crippen LogP contribution in [0.4, 0.5) is 6.01 Å². The highest BCUT2D eigenvalue weighted by Crippen LogP contribution is 2.24. The standard InChI is InChI=1S/C11H14ClN3OS/c1-13-5-8-7-16-11(14-8)15(2)6-9-3-4-10(12)17-9/h3-4,7,13H,5-6H2,1-2H3. The largest absolute Gasteiger partial charge is 0.432 e. The van der Waals surface area contributed by atoms with E-state index in [1.54, 1.807) is 17.6 Å². The zero-order valence-electron chi connectivity index (χ0n) is 9.74. The van der Waals surface area contributed by atoms with Crippen LogP contribution in [0.15, 0.2) is 22.8 Å². The van der Waals surface area contributed by atoms with Crippen molar-refractivity contribution in [3.8, 4) is 0 Å². The van der Waals surface area contributed by atoms with Gasteiger partial charge >= 0.3 is 0 Å². The van der Waals surface area contributed by atoms with Crippen LogP contribution in [0.25, 0.3) is 0 Å². The van der Waals surface area contributed by atoms with Gasteiger partial charge in [-0.3, -0.25) is 0 Å². The fourth-order valence-corrected chi connectivity index (χ4v) is 2.61. The molecule has 0 aromatic carbocycles. The molecule has 0 aliphatic rings. The number of hydrogen-bond acceptors (Lipinski definition) is 5. The van der Waals surface area contributed by atoms with Gasteiger partial charge in [-0.15, -0.1) is 11.3 Å². The number of nitrogens with one attached hydrogen (secondary N) is 1. The minimum Gasteiger partial charge on any atom is -0.432 e. The fraction of sp³-hybridized carbons (Fsp3) is 0.364. The lowest BCUT2D eigenvalue weighted by Crippen LogP contribution is -2.16. The van der Waals surface area contributed by atoms with Gasteiger partial charge in [0.1, 0.15) is 6.26 Å². The Balaban J connectivity index is 2.01. The zero-order chi connectivity index (χ0) is 12.3. The van der Waals surface area contributed by atoms with Crippen LogP contribution >= 0.6 is 22.9 Å². The summed E-state index contributed by atoms with van der Waals surface area (Å²) in [6.07, 6.45) is 1.67. The molecule has 0 bridgehead atoms. The minimum atomic E-state index is 0.625. The van der Waals surface area contributed by atoms with Gasteiger partial charge in [0.05, 0.1) is 16.6 Å². The number of hydrogen-bond donors (Lipinski definition) is 1. The molecule has 2 aromatic rings. The van der Waals surface area contributed by atoms with Crippen molar-refractivity contribution in [2.45, 2.75) is 13.1 Å². The number of thiophene rings is 1. The maximum atomic E-state index is 5.89. The van der Waals surface area contributed by atoms with Crippen molar-refractivity contribution in [3.63, 3.8) is 0 Å². The summed E-state index contributed by atoms with van der Waals surface area (Å²) in [6, 6.07) is 4.54. The molecular weight excluding hydrogens is 258 g/mol. The lowest BCUT2D eigenvalue weighted by molar-refractivity contribution is 0.544. The first-order chi connectivity index (χ1) is 8.19. The summed E-state index contributed by atoms with van der Waals surface area (Å²) in [5.41, 5.74) is 0.901. The van der Waals surface area contributed by atoms with E-state index < -0.39 is 0 Å². The minimum absolute atomic E-state index is 0.625. The van der Waals surface area contributed by atoms with E-state index in [1.165, 1.54) is 4.88 Å². The van der Waals surface area contributed by atoms with Gasteiger partial charge in [-0.1, -0.05) is 11.6 Å². The van der Waals surface area contributed by atoms with Crippen molar-refractivity contribution in [1.82, 2.24) is 10.3 Å². The van der Waals surface area contributed by atoms with Gasteiger partial charge in [0.25, 0.3) is 6.01 Å². The third-order valence-electron chi connectivity index (χ3n) is 2.25. The second kappa shape index (κ2) is 5.53. The Labute approximate surface area is 109 Å². The molecule has 0 radical (unpaired) electrons. The Morgan fingerprint density at radius 3 is 3.00 bits per heavy atom. The molecule has 0 aliphatic carbocycles. The predicted octanol–water partition coefficient (Wildman–Crippen LogP) is 2.75. The van der Waals surface area contributed by atoms with Crippen LogP contribution in [0, 0.1) is 0 Å². The van der Waals surface area contributed by atoms with Crippen LogP contribution in [0.1, 0.15) is 10.6 Å². The van der Waals surface area contributed by atoms with Crippen LogP contribution < -0.4 is 10.2 Å². The average molecular weight is 272 g/mol. The summed E-state index contributed by atoms with van der Waals surface area (Å²) < 4.78 is 6.21. The molecule has 17 heavy (non-hydrogen) atoms. The van der Waals surface area contributed by atoms with E-state index in [4.69, 9.17) is 16.0 Å². The van der Waals surface area contributed by atoms with E-state index >= 15 is 0 Å². The summed E-state index contributed by atoms with van der Waals surface area (Å²) in [7, 11) is 3.83. The third kappa shape index (κ3) is 3.21. The molecule has 2 aromatic heterocycles. The summed E-state index contributed by atoms with van der Waals surface area (Å²) >= 11 is 7.46. The Bertz CT molecular complexity index is 483. The maximum absolute atomic E-state index is 5.89. The van der Waals surface area contributed by atoms with E-state index in [0.717, 1.165) is 16.6 Å². The van der Waals surface area contributed by atoms with Crippen molar-refractivity contribution in [2.24, 2.45) is 0 Å². The van der Waals surface area contributed by atoms with Gasteiger partial charge in [0.2, 0.25) is 0 Å². The third-order valence-corrected chi connectivity index (χ3v) is 3.46. The molecule has 0 aliphatic heterocycles. The number of rotatable bonds is 5. The van der Waals surface area contributed by atoms with E-state index in [2.05, 4.69) is 10.3 Å². The normalized spacial score (nSPS) is 10.8. The Hall–Kier alpha value is -1.04. The number of oxazole rings is 1. The first-order valence-corrected chi connectivity index (χ1v) is 6.43. The monoisotopic (exact) mass is 271 g/mol. The Kier molecular flexibility index (Phi) is 4.04. The SMILES string of the molecule is CNCc1coc(N(C)Cc2ccc(Cl)s2)n1. The number of anilines is 1. The van der Waals surface area contributed by atoms with Crippen LogP contribution in [0.3, 0.4) is 0 Å². The number of nitrogens with zero attached hydrogens (tertiary/aromatic N) is 2. The summed E-state index contributed by atoms with van der Waals surface area (Å²) in [5, 5.41) is 3.03. The van der Waals surface area contributed by atoms with Crippen molar-refractivity contribution >= 4 is 29.0 Å². The van der Waals surface area contributed by atoms with Crippen LogP contribution in [0.5, 0.6) is 0 Å². The maximum Gasteiger partial charge on any atom is 0.297 e. The molecule has 0 saturated heterocycles. The molecule has 0 saturated carbocycles. The summed E-state index contributed by atoms with van der Waals surface area (Å²) in [6.45, 7) is 1.46. The average Bonchev–Trinajstić information content (AvgIpc) is 2.88. The Morgan fingerprint density at radius 2 is 2.35 bits per heavy atom. The van der Waals surface area contributed by atoms with Crippen LogP contribution in [0.2, 0.25) is 4.34 Å².